The van der Waals surface area contributed by atoms with Crippen LogP contribution in [0.3, 0.4) is 0 Å². The van der Waals surface area contributed by atoms with Gasteiger partial charge in [-0.2, -0.15) is 0 Å². The lowest BCUT2D eigenvalue weighted by Crippen LogP contribution is -2.28. The van der Waals surface area contributed by atoms with Crippen molar-refractivity contribution in [1.82, 2.24) is 9.88 Å². The molecule has 7 heteroatoms. The van der Waals surface area contributed by atoms with E-state index in [1.54, 1.807) is 0 Å². The third-order valence-corrected chi connectivity index (χ3v) is 5.94. The highest BCUT2D eigenvalue weighted by Gasteiger charge is 2.51. The fourth-order valence-corrected chi connectivity index (χ4v) is 4.62. The fourth-order valence-electron chi connectivity index (χ4n) is 4.62. The fraction of sp³-hybridized carbons (Fsp3) is 0.650. The number of amides is 1. The molecule has 0 radical (unpaired) electrons. The van der Waals surface area contributed by atoms with Crippen LogP contribution in [0.1, 0.15) is 67.2 Å². The van der Waals surface area contributed by atoms with Crippen molar-refractivity contribution in [3.63, 3.8) is 0 Å². The zero-order valence-corrected chi connectivity index (χ0v) is 15.4. The van der Waals surface area contributed by atoms with Gasteiger partial charge in [-0.1, -0.05) is 12.2 Å². The van der Waals surface area contributed by atoms with Crippen LogP contribution in [0, 0.1) is 5.92 Å². The second-order valence-corrected chi connectivity index (χ2v) is 7.69. The molecule has 3 aliphatic rings. The zero-order valence-electron chi connectivity index (χ0n) is 15.4. The summed E-state index contributed by atoms with van der Waals surface area (Å²) >= 11 is 0. The summed E-state index contributed by atoms with van der Waals surface area (Å²) in [5.74, 6) is 0.104. The topological polar surface area (TPSA) is 92.9 Å². The highest BCUT2D eigenvalue weighted by atomic mass is 16.5. The van der Waals surface area contributed by atoms with Gasteiger partial charge in [-0.25, -0.2) is 4.98 Å². The van der Waals surface area contributed by atoms with Gasteiger partial charge in [0.15, 0.2) is 5.69 Å². The van der Waals surface area contributed by atoms with Crippen LogP contribution in [0.25, 0.3) is 0 Å². The monoisotopic (exact) mass is 374 g/mol. The maximum Gasteiger partial charge on any atom is 0.303 e. The molecule has 27 heavy (non-hydrogen) atoms. The molecule has 0 saturated carbocycles. The summed E-state index contributed by atoms with van der Waals surface area (Å²) in [4.78, 5) is 29.5. The number of rotatable bonds is 7. The summed E-state index contributed by atoms with van der Waals surface area (Å²) in [6, 6.07) is 0. The number of carboxylic acid groups (broad SMARTS) is 1. The van der Waals surface area contributed by atoms with E-state index in [1.807, 2.05) is 17.1 Å². The minimum Gasteiger partial charge on any atom is -0.481 e. The summed E-state index contributed by atoms with van der Waals surface area (Å²) < 4.78 is 11.8. The lowest BCUT2D eigenvalue weighted by atomic mass is 9.77. The summed E-state index contributed by atoms with van der Waals surface area (Å²) in [5, 5.41) is 8.72. The minimum absolute atomic E-state index is 0.0447. The molecule has 0 unspecified atom stereocenters. The van der Waals surface area contributed by atoms with Crippen LogP contribution in [0.5, 0.6) is 0 Å². The molecule has 1 aromatic heterocycles. The smallest absolute Gasteiger partial charge is 0.303 e. The first kappa shape index (κ1) is 18.2. The number of nitrogens with zero attached hydrogens (tertiary/aromatic N) is 2. The third-order valence-electron chi connectivity index (χ3n) is 5.94. The van der Waals surface area contributed by atoms with Gasteiger partial charge in [0.25, 0.3) is 5.91 Å². The molecule has 2 bridgehead atoms. The average Bonchev–Trinajstić information content (AvgIpc) is 3.44. The third kappa shape index (κ3) is 3.78. The summed E-state index contributed by atoms with van der Waals surface area (Å²) in [5.41, 5.74) is 0.394. The Morgan fingerprint density at radius 3 is 2.78 bits per heavy atom. The molecule has 7 nitrogen and oxygen atoms in total. The molecule has 0 spiro atoms. The van der Waals surface area contributed by atoms with E-state index in [0.717, 1.165) is 45.2 Å². The number of aliphatic carboxylic acids is 1. The number of hydrogen-bond donors (Lipinski definition) is 1. The number of oxazole rings is 1. The van der Waals surface area contributed by atoms with Crippen molar-refractivity contribution in [2.75, 3.05) is 13.1 Å². The molecule has 4 atom stereocenters. The van der Waals surface area contributed by atoms with E-state index >= 15 is 0 Å². The van der Waals surface area contributed by atoms with Gasteiger partial charge in [0.05, 0.1) is 18.1 Å². The number of carbonyl (C=O) groups is 2. The van der Waals surface area contributed by atoms with Crippen molar-refractivity contribution < 1.29 is 23.8 Å². The molecule has 3 aliphatic heterocycles. The van der Waals surface area contributed by atoms with Crippen LogP contribution in [-0.2, 0) is 9.53 Å². The Labute approximate surface area is 158 Å². The van der Waals surface area contributed by atoms with Crippen LogP contribution in [-0.4, -0.2) is 52.2 Å². The first-order valence-electron chi connectivity index (χ1n) is 9.90. The Balaban J connectivity index is 1.43. The van der Waals surface area contributed by atoms with E-state index in [1.165, 1.54) is 6.26 Å². The highest BCUT2D eigenvalue weighted by Crippen LogP contribution is 2.50. The number of carbonyl (C=O) groups excluding carboxylic acids is 1. The van der Waals surface area contributed by atoms with Gasteiger partial charge in [0.1, 0.15) is 6.26 Å². The maximum absolute atomic E-state index is 12.5. The van der Waals surface area contributed by atoms with E-state index in [-0.39, 0.29) is 36.4 Å². The zero-order chi connectivity index (χ0) is 18.8. The van der Waals surface area contributed by atoms with Crippen molar-refractivity contribution >= 4 is 11.9 Å². The molecule has 1 N–H and O–H groups in total. The predicted octanol–water partition coefficient (Wildman–Crippen LogP) is 2.98. The Kier molecular flexibility index (Phi) is 5.29. The van der Waals surface area contributed by atoms with Crippen LogP contribution >= 0.6 is 0 Å². The van der Waals surface area contributed by atoms with Crippen LogP contribution in [0.2, 0.25) is 0 Å². The highest BCUT2D eigenvalue weighted by molar-refractivity contribution is 5.92. The molecule has 4 heterocycles. The summed E-state index contributed by atoms with van der Waals surface area (Å²) in [7, 11) is 0. The van der Waals surface area contributed by atoms with Crippen molar-refractivity contribution in [2.24, 2.45) is 5.92 Å². The van der Waals surface area contributed by atoms with Crippen molar-refractivity contribution in [3.8, 4) is 0 Å². The van der Waals surface area contributed by atoms with Crippen LogP contribution < -0.4 is 0 Å². The van der Waals surface area contributed by atoms with Gasteiger partial charge < -0.3 is 19.2 Å². The van der Waals surface area contributed by atoms with Crippen LogP contribution in [0.4, 0.5) is 0 Å². The second-order valence-electron chi connectivity index (χ2n) is 7.69. The number of carboxylic acids is 1. The first-order chi connectivity index (χ1) is 13.1. The van der Waals surface area contributed by atoms with Gasteiger partial charge in [-0.05, 0) is 38.5 Å². The maximum atomic E-state index is 12.5. The first-order valence-corrected chi connectivity index (χ1v) is 9.90. The Morgan fingerprint density at radius 1 is 1.22 bits per heavy atom. The standard InChI is InChI=1S/C20H26N2O5/c23-17(24)7-3-1-2-6-13-15-8-9-16(27-15)18(13)19-21-14(12-26-19)20(25)22-10-4-5-11-22/h1-2,12-13,15-16,18H,3-11H2,(H,23,24)/t13-,15-,16+,18-/m0/s1. The molecule has 0 aromatic carbocycles. The summed E-state index contributed by atoms with van der Waals surface area (Å²) in [6.07, 6.45) is 11.4. The Hall–Kier alpha value is -2.15. The van der Waals surface area contributed by atoms with Crippen molar-refractivity contribution in [3.05, 3.63) is 30.0 Å². The molecule has 1 amide bonds. The van der Waals surface area contributed by atoms with E-state index in [0.29, 0.717) is 18.0 Å². The average molecular weight is 374 g/mol. The number of ether oxygens (including phenoxy) is 1. The number of likely N-dealkylation sites (tertiary alicyclic amines) is 1. The Morgan fingerprint density at radius 2 is 2.00 bits per heavy atom. The number of aromatic nitrogens is 1. The minimum atomic E-state index is -0.782. The normalized spacial score (nSPS) is 29.9. The van der Waals surface area contributed by atoms with Crippen LogP contribution in [0.15, 0.2) is 22.8 Å². The summed E-state index contributed by atoms with van der Waals surface area (Å²) in [6.45, 7) is 1.59. The molecule has 0 aliphatic carbocycles. The van der Waals surface area contributed by atoms with Gasteiger partial charge in [0.2, 0.25) is 5.89 Å². The largest absolute Gasteiger partial charge is 0.481 e. The van der Waals surface area contributed by atoms with Gasteiger partial charge >= 0.3 is 5.97 Å². The molecule has 4 rings (SSSR count). The SMILES string of the molecule is O=C(O)CCC=CC[C@@H]1[C@H](c2nc(C(=O)N3CCCC3)co2)[C@H]2CC[C@@H]1O2. The molecule has 3 fully saturated rings. The van der Waals surface area contributed by atoms with Gasteiger partial charge in [0, 0.05) is 25.4 Å². The van der Waals surface area contributed by atoms with Gasteiger partial charge in [-0.3, -0.25) is 9.59 Å². The van der Waals surface area contributed by atoms with E-state index < -0.39 is 5.97 Å². The molecule has 1 aromatic rings. The molecule has 3 saturated heterocycles. The number of hydrogen-bond acceptors (Lipinski definition) is 5. The Bertz CT molecular complexity index is 722. The molecular weight excluding hydrogens is 348 g/mol. The predicted molar refractivity (Wildman–Crippen MR) is 96.4 cm³/mol. The number of fused-ring (bicyclic) bond motifs is 2. The lowest BCUT2D eigenvalue weighted by molar-refractivity contribution is -0.136. The lowest BCUT2D eigenvalue weighted by Gasteiger charge is -2.24. The molecule has 146 valence electrons. The van der Waals surface area contributed by atoms with E-state index in [4.69, 9.17) is 14.3 Å². The second kappa shape index (κ2) is 7.84. The quantitative estimate of drug-likeness (QED) is 0.738. The van der Waals surface area contributed by atoms with E-state index in [2.05, 4.69) is 4.98 Å². The van der Waals surface area contributed by atoms with E-state index in [9.17, 15) is 9.59 Å². The number of allylic oxidation sites excluding steroid dienone is 2. The van der Waals surface area contributed by atoms with Gasteiger partial charge in [-0.15, -0.1) is 0 Å². The molecular formula is C20H26N2O5. The van der Waals surface area contributed by atoms with Crippen molar-refractivity contribution in [1.29, 1.82) is 0 Å². The van der Waals surface area contributed by atoms with Crippen molar-refractivity contribution in [2.45, 2.75) is 63.1 Å².